The normalized spacial score (nSPS) is 15.4. The number of ether oxygens (including phenoxy) is 3. The number of guanidine groups is 1. The molecule has 7 heteroatoms. The van der Waals surface area contributed by atoms with Gasteiger partial charge in [-0.1, -0.05) is 12.1 Å². The fraction of sp³-hybridized carbons (Fsp3) is 0.650. The summed E-state index contributed by atoms with van der Waals surface area (Å²) in [6.07, 6.45) is 2.52. The Morgan fingerprint density at radius 3 is 2.44 bits per heavy atom. The van der Waals surface area contributed by atoms with Crippen LogP contribution >= 0.6 is 24.0 Å². The number of hydrogen-bond acceptors (Lipinski definition) is 4. The van der Waals surface area contributed by atoms with Crippen molar-refractivity contribution in [3.63, 3.8) is 0 Å². The van der Waals surface area contributed by atoms with Gasteiger partial charge in [-0.25, -0.2) is 4.99 Å². The fourth-order valence-electron chi connectivity index (χ4n) is 3.00. The molecule has 0 unspecified atom stereocenters. The minimum Gasteiger partial charge on any atom is -0.491 e. The van der Waals surface area contributed by atoms with Crippen LogP contribution in [0.3, 0.4) is 0 Å². The van der Waals surface area contributed by atoms with E-state index in [1.165, 1.54) is 5.56 Å². The predicted octanol–water partition coefficient (Wildman–Crippen LogP) is 3.30. The van der Waals surface area contributed by atoms with E-state index in [-0.39, 0.29) is 24.0 Å². The summed E-state index contributed by atoms with van der Waals surface area (Å²) in [6.45, 7) is 9.63. The van der Waals surface area contributed by atoms with Crippen molar-refractivity contribution in [3.05, 3.63) is 29.8 Å². The molecule has 1 aromatic carbocycles. The Morgan fingerprint density at radius 2 is 1.85 bits per heavy atom. The van der Waals surface area contributed by atoms with Gasteiger partial charge in [-0.15, -0.1) is 24.0 Å². The molecule has 1 saturated heterocycles. The molecule has 1 fully saturated rings. The number of nitrogens with zero attached hydrogens (tertiary/aromatic N) is 2. The maximum atomic E-state index is 5.74. The number of nitrogens with one attached hydrogen (secondary N) is 1. The van der Waals surface area contributed by atoms with E-state index in [4.69, 9.17) is 19.2 Å². The number of piperidine rings is 1. The molecule has 1 aliphatic heterocycles. The number of methoxy groups -OCH3 is 1. The Kier molecular flexibility index (Phi) is 12.4. The largest absolute Gasteiger partial charge is 0.491 e. The zero-order valence-electron chi connectivity index (χ0n) is 16.8. The van der Waals surface area contributed by atoms with Gasteiger partial charge in [0.15, 0.2) is 5.96 Å². The third kappa shape index (κ3) is 8.66. The van der Waals surface area contributed by atoms with E-state index in [9.17, 15) is 0 Å². The van der Waals surface area contributed by atoms with Crippen molar-refractivity contribution in [3.8, 4) is 5.75 Å². The molecule has 0 spiro atoms. The molecule has 1 N–H and O–H groups in total. The van der Waals surface area contributed by atoms with Gasteiger partial charge in [0.25, 0.3) is 0 Å². The standard InChI is InChI=1S/C20H33N3O3.HI/c1-4-21-20(23-12-10-19(11-13-23)25-5-2)22-16-17-6-8-18(9-7-17)26-15-14-24-3;/h6-9,19H,4-5,10-16H2,1-3H3,(H,21,22);1H. The molecule has 27 heavy (non-hydrogen) atoms. The highest BCUT2D eigenvalue weighted by Crippen LogP contribution is 2.15. The molecular weight excluding hydrogens is 457 g/mol. The minimum atomic E-state index is 0. The summed E-state index contributed by atoms with van der Waals surface area (Å²) in [4.78, 5) is 7.15. The second kappa shape index (κ2) is 14.0. The lowest BCUT2D eigenvalue weighted by atomic mass is 10.1. The Morgan fingerprint density at radius 1 is 1.15 bits per heavy atom. The van der Waals surface area contributed by atoms with Crippen LogP contribution in [0, 0.1) is 0 Å². The van der Waals surface area contributed by atoms with Gasteiger partial charge in [-0.05, 0) is 44.4 Å². The highest BCUT2D eigenvalue weighted by Gasteiger charge is 2.21. The van der Waals surface area contributed by atoms with Crippen LogP contribution in [0.4, 0.5) is 0 Å². The van der Waals surface area contributed by atoms with E-state index in [0.717, 1.165) is 50.8 Å². The molecule has 2 rings (SSSR count). The van der Waals surface area contributed by atoms with Crippen LogP contribution < -0.4 is 10.1 Å². The number of aliphatic imine (C=N–C) groups is 1. The lowest BCUT2D eigenvalue weighted by molar-refractivity contribution is 0.0263. The molecule has 0 atom stereocenters. The summed E-state index contributed by atoms with van der Waals surface area (Å²) in [5.74, 6) is 1.85. The molecule has 0 amide bonds. The van der Waals surface area contributed by atoms with Crippen LogP contribution in [0.25, 0.3) is 0 Å². The lowest BCUT2D eigenvalue weighted by Gasteiger charge is -2.34. The molecule has 0 radical (unpaired) electrons. The summed E-state index contributed by atoms with van der Waals surface area (Å²) in [5, 5.41) is 3.41. The molecule has 6 nitrogen and oxygen atoms in total. The maximum Gasteiger partial charge on any atom is 0.194 e. The monoisotopic (exact) mass is 491 g/mol. The van der Waals surface area contributed by atoms with Crippen molar-refractivity contribution in [1.29, 1.82) is 0 Å². The topological polar surface area (TPSA) is 55.3 Å². The smallest absolute Gasteiger partial charge is 0.194 e. The van der Waals surface area contributed by atoms with Crippen molar-refractivity contribution >= 4 is 29.9 Å². The van der Waals surface area contributed by atoms with Crippen LogP contribution in [0.15, 0.2) is 29.3 Å². The minimum absolute atomic E-state index is 0. The number of benzene rings is 1. The number of rotatable bonds is 9. The summed E-state index contributed by atoms with van der Waals surface area (Å²) < 4.78 is 16.3. The van der Waals surface area contributed by atoms with E-state index in [0.29, 0.717) is 25.9 Å². The Bertz CT molecular complexity index is 532. The predicted molar refractivity (Wildman–Crippen MR) is 120 cm³/mol. The lowest BCUT2D eigenvalue weighted by Crippen LogP contribution is -2.47. The van der Waals surface area contributed by atoms with Crippen LogP contribution in [0.2, 0.25) is 0 Å². The molecule has 0 bridgehead atoms. The number of halogens is 1. The SMILES string of the molecule is CCNC(=NCc1ccc(OCCOC)cc1)N1CCC(OCC)CC1.I. The van der Waals surface area contributed by atoms with Crippen molar-refractivity contribution in [2.24, 2.45) is 4.99 Å². The van der Waals surface area contributed by atoms with Crippen LogP contribution in [-0.2, 0) is 16.0 Å². The second-order valence-electron chi connectivity index (χ2n) is 6.30. The van der Waals surface area contributed by atoms with Crippen LogP contribution in [0.5, 0.6) is 5.75 Å². The van der Waals surface area contributed by atoms with Crippen LogP contribution in [-0.4, -0.2) is 63.5 Å². The van der Waals surface area contributed by atoms with E-state index in [1.807, 2.05) is 12.1 Å². The Balaban J connectivity index is 0.00000364. The molecule has 1 aliphatic rings. The first-order valence-electron chi connectivity index (χ1n) is 9.62. The van der Waals surface area contributed by atoms with Gasteiger partial charge >= 0.3 is 0 Å². The van der Waals surface area contributed by atoms with Gasteiger partial charge in [0.2, 0.25) is 0 Å². The quantitative estimate of drug-likeness (QED) is 0.249. The van der Waals surface area contributed by atoms with Gasteiger partial charge in [0, 0.05) is 33.4 Å². The number of hydrogen-bond donors (Lipinski definition) is 1. The van der Waals surface area contributed by atoms with Crippen molar-refractivity contribution in [1.82, 2.24) is 10.2 Å². The summed E-state index contributed by atoms with van der Waals surface area (Å²) in [7, 11) is 1.67. The first kappa shape index (κ1) is 24.0. The van der Waals surface area contributed by atoms with E-state index in [2.05, 4.69) is 36.2 Å². The average molecular weight is 491 g/mol. The fourth-order valence-corrected chi connectivity index (χ4v) is 3.00. The zero-order valence-corrected chi connectivity index (χ0v) is 19.1. The second-order valence-corrected chi connectivity index (χ2v) is 6.30. The summed E-state index contributed by atoms with van der Waals surface area (Å²) in [5.41, 5.74) is 1.17. The average Bonchev–Trinajstić information content (AvgIpc) is 2.67. The van der Waals surface area contributed by atoms with E-state index in [1.54, 1.807) is 7.11 Å². The van der Waals surface area contributed by atoms with Crippen molar-refractivity contribution in [2.75, 3.05) is 46.6 Å². The Labute approximate surface area is 180 Å². The van der Waals surface area contributed by atoms with Gasteiger partial charge in [-0.3, -0.25) is 0 Å². The van der Waals surface area contributed by atoms with Gasteiger partial charge in [-0.2, -0.15) is 0 Å². The highest BCUT2D eigenvalue weighted by molar-refractivity contribution is 14.0. The third-order valence-corrected chi connectivity index (χ3v) is 4.37. The first-order valence-corrected chi connectivity index (χ1v) is 9.62. The number of likely N-dealkylation sites (tertiary alicyclic amines) is 1. The van der Waals surface area contributed by atoms with Crippen molar-refractivity contribution < 1.29 is 14.2 Å². The maximum absolute atomic E-state index is 5.74. The first-order chi connectivity index (χ1) is 12.8. The van der Waals surface area contributed by atoms with E-state index < -0.39 is 0 Å². The zero-order chi connectivity index (χ0) is 18.6. The van der Waals surface area contributed by atoms with Gasteiger partial charge in [0.1, 0.15) is 12.4 Å². The highest BCUT2D eigenvalue weighted by atomic mass is 127. The molecule has 0 aliphatic carbocycles. The van der Waals surface area contributed by atoms with Gasteiger partial charge < -0.3 is 24.4 Å². The van der Waals surface area contributed by atoms with Crippen LogP contribution in [0.1, 0.15) is 32.3 Å². The van der Waals surface area contributed by atoms with Crippen molar-refractivity contribution in [2.45, 2.75) is 39.3 Å². The molecule has 0 aromatic heterocycles. The summed E-state index contributed by atoms with van der Waals surface area (Å²) in [6, 6.07) is 8.11. The summed E-state index contributed by atoms with van der Waals surface area (Å²) >= 11 is 0. The molecule has 1 aromatic rings. The molecule has 154 valence electrons. The molecule has 1 heterocycles. The Hall–Kier alpha value is -1.06. The molecular formula is C20H34IN3O3. The third-order valence-electron chi connectivity index (χ3n) is 4.37. The molecule has 0 saturated carbocycles. The van der Waals surface area contributed by atoms with Gasteiger partial charge in [0.05, 0.1) is 19.3 Å². The van der Waals surface area contributed by atoms with E-state index >= 15 is 0 Å².